The summed E-state index contributed by atoms with van der Waals surface area (Å²) in [5, 5.41) is 0. The molecule has 98 valence electrons. The number of ether oxygens (including phenoxy) is 1. The molecule has 1 atom stereocenters. The molecule has 1 heterocycles. The molecule has 0 bridgehead atoms. The van der Waals surface area contributed by atoms with Gasteiger partial charge in [0.25, 0.3) is 0 Å². The van der Waals surface area contributed by atoms with Crippen LogP contribution in [0.3, 0.4) is 0 Å². The summed E-state index contributed by atoms with van der Waals surface area (Å²) in [5.74, 6) is 0.170. The van der Waals surface area contributed by atoms with Gasteiger partial charge < -0.3 is 9.64 Å². The van der Waals surface area contributed by atoms with E-state index in [1.165, 1.54) is 0 Å². The van der Waals surface area contributed by atoms with E-state index in [1.807, 2.05) is 18.7 Å². The number of nitrogens with zero attached hydrogens (tertiary/aromatic N) is 1. The molecule has 0 radical (unpaired) electrons. The van der Waals surface area contributed by atoms with Crippen LogP contribution in [0.25, 0.3) is 0 Å². The number of carbonyl (C=O) groups excluding carboxylic acids is 2. The Morgan fingerprint density at radius 1 is 1.35 bits per heavy atom. The van der Waals surface area contributed by atoms with Gasteiger partial charge in [0.15, 0.2) is 0 Å². The molecule has 0 aromatic heterocycles. The molecule has 1 aliphatic heterocycles. The molecule has 0 N–H and O–H groups in total. The summed E-state index contributed by atoms with van der Waals surface area (Å²) in [6.07, 6.45) is 3.62. The lowest BCUT2D eigenvalue weighted by Crippen LogP contribution is -2.46. The third-order valence-corrected chi connectivity index (χ3v) is 3.01. The van der Waals surface area contributed by atoms with Gasteiger partial charge >= 0.3 is 0 Å². The second kappa shape index (κ2) is 6.74. The minimum Gasteiger partial charge on any atom is -0.369 e. The molecule has 0 aromatic carbocycles. The van der Waals surface area contributed by atoms with Crippen LogP contribution in [0.15, 0.2) is 0 Å². The van der Waals surface area contributed by atoms with Crippen LogP contribution in [0.1, 0.15) is 46.5 Å². The average molecular weight is 241 g/mol. The number of amides is 1. The van der Waals surface area contributed by atoms with E-state index in [1.54, 1.807) is 6.92 Å². The Bertz CT molecular complexity index is 276. The Balaban J connectivity index is 2.51. The van der Waals surface area contributed by atoms with Crippen LogP contribution >= 0.6 is 0 Å². The van der Waals surface area contributed by atoms with Gasteiger partial charge in [0, 0.05) is 19.0 Å². The summed E-state index contributed by atoms with van der Waals surface area (Å²) in [7, 11) is 0. The Hall–Kier alpha value is -0.900. The van der Waals surface area contributed by atoms with E-state index >= 15 is 0 Å². The first kappa shape index (κ1) is 14.2. The quantitative estimate of drug-likeness (QED) is 0.737. The van der Waals surface area contributed by atoms with Gasteiger partial charge in [-0.1, -0.05) is 0 Å². The topological polar surface area (TPSA) is 46.6 Å². The Labute approximate surface area is 103 Å². The first-order chi connectivity index (χ1) is 8.00. The highest BCUT2D eigenvalue weighted by Gasteiger charge is 2.27. The van der Waals surface area contributed by atoms with Gasteiger partial charge in [-0.15, -0.1) is 0 Å². The molecule has 1 aliphatic rings. The normalized spacial score (nSPS) is 20.7. The van der Waals surface area contributed by atoms with Crippen LogP contribution in [0.5, 0.6) is 0 Å². The maximum Gasteiger partial charge on any atom is 0.248 e. The molecule has 1 saturated heterocycles. The highest BCUT2D eigenvalue weighted by atomic mass is 16.5. The monoisotopic (exact) mass is 241 g/mol. The summed E-state index contributed by atoms with van der Waals surface area (Å²) in [5.41, 5.74) is 0. The fourth-order valence-corrected chi connectivity index (χ4v) is 2.19. The molecule has 1 unspecified atom stereocenters. The van der Waals surface area contributed by atoms with Crippen molar-refractivity contribution in [2.45, 2.75) is 58.6 Å². The summed E-state index contributed by atoms with van der Waals surface area (Å²) >= 11 is 0. The number of hydrogen-bond donors (Lipinski definition) is 0. The molecular weight excluding hydrogens is 218 g/mol. The van der Waals surface area contributed by atoms with Crippen molar-refractivity contribution < 1.29 is 14.3 Å². The smallest absolute Gasteiger partial charge is 0.248 e. The molecule has 0 spiro atoms. The van der Waals surface area contributed by atoms with Crippen molar-refractivity contribution in [3.8, 4) is 0 Å². The van der Waals surface area contributed by atoms with Crippen LogP contribution in [-0.2, 0) is 14.3 Å². The molecule has 17 heavy (non-hydrogen) atoms. The lowest BCUT2D eigenvalue weighted by molar-refractivity contribution is -0.142. The molecule has 1 fully saturated rings. The van der Waals surface area contributed by atoms with Crippen molar-refractivity contribution >= 4 is 11.7 Å². The number of likely N-dealkylation sites (tertiary alicyclic amines) is 1. The number of rotatable bonds is 5. The van der Waals surface area contributed by atoms with Crippen LogP contribution < -0.4 is 0 Å². The molecule has 1 rings (SSSR count). The largest absolute Gasteiger partial charge is 0.369 e. The van der Waals surface area contributed by atoms with E-state index < -0.39 is 0 Å². The number of piperidine rings is 1. The molecule has 0 aliphatic carbocycles. The number of hydrogen-bond acceptors (Lipinski definition) is 3. The van der Waals surface area contributed by atoms with Crippen LogP contribution in [0, 0.1) is 0 Å². The van der Waals surface area contributed by atoms with Gasteiger partial charge in [-0.2, -0.15) is 0 Å². The van der Waals surface area contributed by atoms with Gasteiger partial charge in [-0.3, -0.25) is 9.59 Å². The van der Waals surface area contributed by atoms with E-state index in [2.05, 4.69) is 0 Å². The summed E-state index contributed by atoms with van der Waals surface area (Å²) < 4.78 is 5.33. The summed E-state index contributed by atoms with van der Waals surface area (Å²) in [6.45, 7) is 6.30. The third kappa shape index (κ3) is 4.86. The third-order valence-electron chi connectivity index (χ3n) is 3.01. The van der Waals surface area contributed by atoms with Crippen molar-refractivity contribution in [3.63, 3.8) is 0 Å². The summed E-state index contributed by atoms with van der Waals surface area (Å²) in [4.78, 5) is 25.0. The van der Waals surface area contributed by atoms with Crippen LogP contribution in [-0.4, -0.2) is 41.9 Å². The van der Waals surface area contributed by atoms with E-state index in [4.69, 9.17) is 4.74 Å². The summed E-state index contributed by atoms with van der Waals surface area (Å²) in [6, 6.07) is 0.0875. The van der Waals surface area contributed by atoms with Gasteiger partial charge in [0.05, 0.1) is 6.10 Å². The van der Waals surface area contributed by atoms with Crippen LogP contribution in [0.4, 0.5) is 0 Å². The van der Waals surface area contributed by atoms with Crippen molar-refractivity contribution in [1.29, 1.82) is 0 Å². The van der Waals surface area contributed by atoms with Crippen molar-refractivity contribution in [2.24, 2.45) is 0 Å². The van der Waals surface area contributed by atoms with Gasteiger partial charge in [-0.05, 0) is 40.0 Å². The van der Waals surface area contributed by atoms with Gasteiger partial charge in [-0.25, -0.2) is 0 Å². The Morgan fingerprint density at radius 2 is 2.06 bits per heavy atom. The lowest BCUT2D eigenvalue weighted by atomic mass is 9.98. The standard InChI is InChI=1S/C13H23NO3/c1-10(2)17-9-13(16)14-7-5-4-6-12(14)8-11(3)15/h10,12H,4-9H2,1-3H3. The van der Waals surface area contributed by atoms with Crippen molar-refractivity contribution in [2.75, 3.05) is 13.2 Å². The van der Waals surface area contributed by atoms with E-state index in [0.29, 0.717) is 6.42 Å². The Kier molecular flexibility index (Phi) is 5.62. The molecule has 0 saturated carbocycles. The SMILES string of the molecule is CC(=O)CC1CCCCN1C(=O)COC(C)C. The predicted octanol–water partition coefficient (Wildman–Crippen LogP) is 1.77. The fraction of sp³-hybridized carbons (Fsp3) is 0.846. The van der Waals surface area contributed by atoms with E-state index in [-0.39, 0.29) is 30.4 Å². The lowest BCUT2D eigenvalue weighted by Gasteiger charge is -2.35. The molecular formula is C13H23NO3. The zero-order valence-electron chi connectivity index (χ0n) is 11.1. The minimum absolute atomic E-state index is 0.0182. The maximum absolute atomic E-state index is 12.0. The van der Waals surface area contributed by atoms with E-state index in [9.17, 15) is 9.59 Å². The number of carbonyl (C=O) groups is 2. The number of ketones is 1. The molecule has 0 aromatic rings. The zero-order valence-corrected chi connectivity index (χ0v) is 11.1. The number of Topliss-reactive ketones (excluding diaryl/α,β-unsaturated/α-hetero) is 1. The maximum atomic E-state index is 12.0. The van der Waals surface area contributed by atoms with Crippen molar-refractivity contribution in [1.82, 2.24) is 4.90 Å². The highest BCUT2D eigenvalue weighted by molar-refractivity contribution is 5.80. The molecule has 4 nitrogen and oxygen atoms in total. The first-order valence-electron chi connectivity index (χ1n) is 6.41. The first-order valence-corrected chi connectivity index (χ1v) is 6.41. The van der Waals surface area contributed by atoms with Gasteiger partial charge in [0.1, 0.15) is 12.4 Å². The highest BCUT2D eigenvalue weighted by Crippen LogP contribution is 2.20. The fourth-order valence-electron chi connectivity index (χ4n) is 2.19. The molecule has 1 amide bonds. The predicted molar refractivity (Wildman–Crippen MR) is 65.7 cm³/mol. The second-order valence-electron chi connectivity index (χ2n) is 5.00. The molecule has 4 heteroatoms. The van der Waals surface area contributed by atoms with Crippen molar-refractivity contribution in [3.05, 3.63) is 0 Å². The van der Waals surface area contributed by atoms with E-state index in [0.717, 1.165) is 25.8 Å². The minimum atomic E-state index is 0.0182. The van der Waals surface area contributed by atoms with Crippen LogP contribution in [0.2, 0.25) is 0 Å². The Morgan fingerprint density at radius 3 is 2.65 bits per heavy atom. The zero-order chi connectivity index (χ0) is 12.8. The van der Waals surface area contributed by atoms with Gasteiger partial charge in [0.2, 0.25) is 5.91 Å². The second-order valence-corrected chi connectivity index (χ2v) is 5.00. The average Bonchev–Trinajstić information content (AvgIpc) is 2.25.